The predicted molar refractivity (Wildman–Crippen MR) is 75.1 cm³/mol. The molecular weight excluding hydrogens is 240 g/mol. The van der Waals surface area contributed by atoms with Gasteiger partial charge in [-0.25, -0.2) is 0 Å². The maximum atomic E-state index is 12.3. The number of nitrogens with zero attached hydrogens (tertiary/aromatic N) is 3. The molecule has 0 bridgehead atoms. The van der Waals surface area contributed by atoms with Crippen molar-refractivity contribution in [1.82, 2.24) is 20.0 Å². The molecule has 1 amide bonds. The molecule has 1 aliphatic rings. The van der Waals surface area contributed by atoms with Crippen molar-refractivity contribution in [1.29, 1.82) is 0 Å². The first-order chi connectivity index (χ1) is 9.08. The number of hydrogen-bond acceptors (Lipinski definition) is 3. The van der Waals surface area contributed by atoms with Crippen LogP contribution in [-0.4, -0.2) is 47.3 Å². The molecule has 0 spiro atoms. The normalized spacial score (nSPS) is 16.6. The van der Waals surface area contributed by atoms with Crippen LogP contribution in [0.5, 0.6) is 0 Å². The van der Waals surface area contributed by atoms with Crippen molar-refractivity contribution in [2.75, 3.05) is 26.7 Å². The van der Waals surface area contributed by atoms with E-state index in [1.165, 1.54) is 12.8 Å². The minimum atomic E-state index is 0.0829. The van der Waals surface area contributed by atoms with Gasteiger partial charge in [0.05, 0.1) is 11.3 Å². The number of amides is 1. The number of aromatic nitrogens is 2. The predicted octanol–water partition coefficient (Wildman–Crippen LogP) is 1.19. The van der Waals surface area contributed by atoms with E-state index in [0.717, 1.165) is 43.2 Å². The molecule has 106 valence electrons. The molecule has 1 aliphatic heterocycles. The molecule has 0 radical (unpaired) electrons. The number of carbonyl (C=O) groups is 1. The van der Waals surface area contributed by atoms with E-state index in [-0.39, 0.29) is 5.91 Å². The summed E-state index contributed by atoms with van der Waals surface area (Å²) in [6.07, 6.45) is 5.36. The summed E-state index contributed by atoms with van der Waals surface area (Å²) in [5, 5.41) is 7.60. The Hall–Kier alpha value is -1.36. The van der Waals surface area contributed by atoms with Crippen molar-refractivity contribution >= 4 is 5.91 Å². The van der Waals surface area contributed by atoms with Crippen LogP contribution >= 0.6 is 0 Å². The summed E-state index contributed by atoms with van der Waals surface area (Å²) in [6, 6.07) is 0. The summed E-state index contributed by atoms with van der Waals surface area (Å²) in [5.41, 5.74) is 1.52. The number of aryl methyl sites for hydroxylation is 2. The van der Waals surface area contributed by atoms with Crippen LogP contribution in [0.3, 0.4) is 0 Å². The quantitative estimate of drug-likeness (QED) is 0.888. The minimum Gasteiger partial charge on any atom is -0.342 e. The van der Waals surface area contributed by atoms with Crippen molar-refractivity contribution in [2.24, 2.45) is 13.0 Å². The van der Waals surface area contributed by atoms with Crippen LogP contribution < -0.4 is 5.32 Å². The summed E-state index contributed by atoms with van der Waals surface area (Å²) >= 11 is 0. The van der Waals surface area contributed by atoms with E-state index >= 15 is 0 Å². The monoisotopic (exact) mass is 264 g/mol. The topological polar surface area (TPSA) is 50.2 Å². The van der Waals surface area contributed by atoms with E-state index in [1.54, 1.807) is 10.9 Å². The number of hydrogen-bond donors (Lipinski definition) is 1. The molecule has 5 nitrogen and oxygen atoms in total. The summed E-state index contributed by atoms with van der Waals surface area (Å²) in [4.78, 5) is 14.1. The van der Waals surface area contributed by atoms with Crippen molar-refractivity contribution in [2.45, 2.75) is 26.2 Å². The van der Waals surface area contributed by atoms with Gasteiger partial charge in [0.15, 0.2) is 0 Å². The molecule has 5 heteroatoms. The van der Waals surface area contributed by atoms with Gasteiger partial charge in [-0.2, -0.15) is 5.10 Å². The minimum absolute atomic E-state index is 0.0829. The van der Waals surface area contributed by atoms with Gasteiger partial charge in [-0.3, -0.25) is 9.48 Å². The van der Waals surface area contributed by atoms with Gasteiger partial charge in [0.2, 0.25) is 0 Å². The van der Waals surface area contributed by atoms with E-state index in [2.05, 4.69) is 10.4 Å². The van der Waals surface area contributed by atoms with Crippen LogP contribution in [0.4, 0.5) is 0 Å². The Labute approximate surface area is 115 Å². The van der Waals surface area contributed by atoms with E-state index < -0.39 is 0 Å². The first-order valence-corrected chi connectivity index (χ1v) is 7.04. The summed E-state index contributed by atoms with van der Waals surface area (Å²) in [5.74, 6) is 0.839. The van der Waals surface area contributed by atoms with Gasteiger partial charge >= 0.3 is 0 Å². The Kier molecular flexibility index (Phi) is 4.58. The second-order valence-electron chi connectivity index (χ2n) is 5.51. The molecule has 0 aliphatic carbocycles. The van der Waals surface area contributed by atoms with Crippen LogP contribution in [0.2, 0.25) is 0 Å². The van der Waals surface area contributed by atoms with Gasteiger partial charge in [-0.05, 0) is 45.2 Å². The van der Waals surface area contributed by atoms with E-state index in [9.17, 15) is 4.79 Å². The number of nitrogens with one attached hydrogen (secondary N) is 1. The molecule has 1 aromatic heterocycles. The molecule has 0 aromatic carbocycles. The fourth-order valence-corrected chi connectivity index (χ4v) is 2.66. The smallest absolute Gasteiger partial charge is 0.257 e. The summed E-state index contributed by atoms with van der Waals surface area (Å²) in [6.45, 7) is 4.94. The third kappa shape index (κ3) is 3.56. The van der Waals surface area contributed by atoms with Gasteiger partial charge in [0.1, 0.15) is 0 Å². The molecule has 2 heterocycles. The van der Waals surface area contributed by atoms with Crippen molar-refractivity contribution in [3.05, 3.63) is 17.5 Å². The molecule has 1 saturated heterocycles. The Morgan fingerprint density at radius 1 is 1.53 bits per heavy atom. The maximum Gasteiger partial charge on any atom is 0.257 e. The molecule has 2 rings (SSSR count). The highest BCUT2D eigenvalue weighted by molar-refractivity contribution is 5.94. The van der Waals surface area contributed by atoms with Gasteiger partial charge in [0, 0.05) is 26.8 Å². The Bertz CT molecular complexity index is 435. The largest absolute Gasteiger partial charge is 0.342 e. The average Bonchev–Trinajstić information content (AvgIpc) is 2.75. The Morgan fingerprint density at radius 3 is 2.79 bits per heavy atom. The fraction of sp³-hybridized carbons (Fsp3) is 0.714. The third-order valence-electron chi connectivity index (χ3n) is 3.92. The van der Waals surface area contributed by atoms with Gasteiger partial charge in [-0.1, -0.05) is 0 Å². The highest BCUT2D eigenvalue weighted by Crippen LogP contribution is 2.17. The number of rotatable bonds is 4. The van der Waals surface area contributed by atoms with Crippen LogP contribution in [0, 0.1) is 12.8 Å². The first-order valence-electron chi connectivity index (χ1n) is 7.04. The Balaban J connectivity index is 1.86. The second kappa shape index (κ2) is 6.19. The number of carbonyl (C=O) groups excluding carboxylic acids is 1. The molecule has 0 unspecified atom stereocenters. The lowest BCUT2D eigenvalue weighted by Crippen LogP contribution is -2.32. The molecular formula is C14H24N4O. The highest BCUT2D eigenvalue weighted by Gasteiger charge is 2.19. The summed E-state index contributed by atoms with van der Waals surface area (Å²) < 4.78 is 1.70. The van der Waals surface area contributed by atoms with Crippen molar-refractivity contribution < 1.29 is 4.79 Å². The zero-order valence-electron chi connectivity index (χ0n) is 12.1. The SMILES string of the molecule is Cc1nn(C)cc1C(=O)N(C)CCC1CCNCC1. The Morgan fingerprint density at radius 2 is 2.21 bits per heavy atom. The highest BCUT2D eigenvalue weighted by atomic mass is 16.2. The first kappa shape index (κ1) is 14.1. The van der Waals surface area contributed by atoms with Gasteiger partial charge in [-0.15, -0.1) is 0 Å². The molecule has 1 aromatic rings. The molecule has 1 fully saturated rings. The van der Waals surface area contributed by atoms with Crippen LogP contribution in [0.25, 0.3) is 0 Å². The molecule has 19 heavy (non-hydrogen) atoms. The fourth-order valence-electron chi connectivity index (χ4n) is 2.66. The summed E-state index contributed by atoms with van der Waals surface area (Å²) in [7, 11) is 3.73. The van der Waals surface area contributed by atoms with Crippen molar-refractivity contribution in [3.8, 4) is 0 Å². The van der Waals surface area contributed by atoms with Gasteiger partial charge < -0.3 is 10.2 Å². The lowest BCUT2D eigenvalue weighted by Gasteiger charge is -2.25. The zero-order valence-corrected chi connectivity index (χ0v) is 12.1. The van der Waals surface area contributed by atoms with E-state index in [0.29, 0.717) is 0 Å². The lowest BCUT2D eigenvalue weighted by molar-refractivity contribution is 0.0783. The van der Waals surface area contributed by atoms with Crippen LogP contribution in [-0.2, 0) is 7.05 Å². The third-order valence-corrected chi connectivity index (χ3v) is 3.92. The lowest BCUT2D eigenvalue weighted by atomic mass is 9.94. The molecule has 0 atom stereocenters. The van der Waals surface area contributed by atoms with E-state index in [4.69, 9.17) is 0 Å². The second-order valence-corrected chi connectivity index (χ2v) is 5.51. The average molecular weight is 264 g/mol. The molecule has 1 N–H and O–H groups in total. The van der Waals surface area contributed by atoms with Crippen LogP contribution in [0.1, 0.15) is 35.3 Å². The van der Waals surface area contributed by atoms with E-state index in [1.807, 2.05) is 25.9 Å². The molecule has 0 saturated carbocycles. The zero-order chi connectivity index (χ0) is 13.8. The maximum absolute atomic E-state index is 12.3. The number of piperidine rings is 1. The van der Waals surface area contributed by atoms with Crippen molar-refractivity contribution in [3.63, 3.8) is 0 Å². The standard InChI is InChI=1S/C14H24N4O/c1-11-13(10-18(3)16-11)14(19)17(2)9-6-12-4-7-15-8-5-12/h10,12,15H,4-9H2,1-3H3. The van der Waals surface area contributed by atoms with Crippen LogP contribution in [0.15, 0.2) is 6.20 Å². The van der Waals surface area contributed by atoms with Gasteiger partial charge in [0.25, 0.3) is 5.91 Å².